The summed E-state index contributed by atoms with van der Waals surface area (Å²) in [6.07, 6.45) is 0. The first-order valence-corrected chi connectivity index (χ1v) is 3.70. The van der Waals surface area contributed by atoms with Gasteiger partial charge in [-0.25, -0.2) is 4.79 Å². The number of hydrogen-bond acceptors (Lipinski definition) is 3. The van der Waals surface area contributed by atoms with Crippen molar-refractivity contribution in [3.05, 3.63) is 17.0 Å². The van der Waals surface area contributed by atoms with Crippen LogP contribution in [0.15, 0.2) is 12.1 Å². The second-order valence-corrected chi connectivity index (χ2v) is 3.19. The van der Waals surface area contributed by atoms with Crippen molar-refractivity contribution >= 4 is 29.9 Å². The molecule has 0 saturated carbocycles. The molecule has 0 saturated heterocycles. The van der Waals surface area contributed by atoms with Gasteiger partial charge in [-0.05, 0) is 10.8 Å². The second kappa shape index (κ2) is 2.88. The average molecular weight is 154 g/mol. The maximum absolute atomic E-state index is 10.8. The third-order valence-electron chi connectivity index (χ3n) is 1.13. The minimum atomic E-state index is -0.252. The van der Waals surface area contributed by atoms with Gasteiger partial charge in [0.15, 0.2) is 7.85 Å². The molecule has 0 unspecified atom stereocenters. The lowest BCUT2D eigenvalue weighted by Gasteiger charge is -1.90. The molecule has 0 N–H and O–H groups in total. The van der Waals surface area contributed by atoms with Gasteiger partial charge in [0, 0.05) is 0 Å². The summed E-state index contributed by atoms with van der Waals surface area (Å²) >= 11 is 1.45. The van der Waals surface area contributed by atoms with Crippen LogP contribution in [0.4, 0.5) is 0 Å². The topological polar surface area (TPSA) is 26.3 Å². The predicted octanol–water partition coefficient (Wildman–Crippen LogP) is -0.207. The minimum absolute atomic E-state index is 0.252. The standard InChI is InChI=1S/C6H7BO2S/c1-9-6(8)4-2-3-5(7)10-4/h2-3H,7H2,1H3. The summed E-state index contributed by atoms with van der Waals surface area (Å²) in [7, 11) is 3.34. The molecule has 1 heterocycles. The van der Waals surface area contributed by atoms with Crippen LogP contribution >= 0.6 is 11.3 Å². The molecule has 10 heavy (non-hydrogen) atoms. The molecule has 0 bridgehead atoms. The smallest absolute Gasteiger partial charge is 0.347 e. The van der Waals surface area contributed by atoms with Gasteiger partial charge in [-0.15, -0.1) is 11.3 Å². The zero-order valence-corrected chi connectivity index (χ0v) is 6.70. The molecular formula is C6H7BO2S. The SMILES string of the molecule is Bc1ccc(C(=O)OC)s1. The van der Waals surface area contributed by atoms with Gasteiger partial charge in [-0.2, -0.15) is 0 Å². The normalized spacial score (nSPS) is 9.30. The van der Waals surface area contributed by atoms with Crippen LogP contribution in [-0.2, 0) is 4.74 Å². The molecular weight excluding hydrogens is 147 g/mol. The summed E-state index contributed by atoms with van der Waals surface area (Å²) in [5, 5.41) is 0. The molecule has 0 spiro atoms. The Kier molecular flexibility index (Phi) is 2.11. The average Bonchev–Trinajstić information content (AvgIpc) is 2.34. The molecule has 52 valence electrons. The Hall–Kier alpha value is -0.765. The van der Waals surface area contributed by atoms with Gasteiger partial charge < -0.3 is 4.74 Å². The van der Waals surface area contributed by atoms with Gasteiger partial charge in [0.2, 0.25) is 0 Å². The van der Waals surface area contributed by atoms with E-state index in [0.717, 1.165) is 4.78 Å². The van der Waals surface area contributed by atoms with Crippen molar-refractivity contribution in [1.29, 1.82) is 0 Å². The summed E-state index contributed by atoms with van der Waals surface area (Å²) in [6.45, 7) is 0. The zero-order chi connectivity index (χ0) is 7.56. The molecule has 1 aromatic heterocycles. The van der Waals surface area contributed by atoms with E-state index in [-0.39, 0.29) is 5.97 Å². The zero-order valence-electron chi connectivity index (χ0n) is 5.88. The van der Waals surface area contributed by atoms with Gasteiger partial charge >= 0.3 is 5.97 Å². The van der Waals surface area contributed by atoms with E-state index in [2.05, 4.69) is 4.74 Å². The van der Waals surface area contributed by atoms with E-state index < -0.39 is 0 Å². The number of esters is 1. The van der Waals surface area contributed by atoms with Gasteiger partial charge in [0.1, 0.15) is 4.88 Å². The molecule has 4 heteroatoms. The first kappa shape index (κ1) is 7.34. The van der Waals surface area contributed by atoms with E-state index in [0.29, 0.717) is 4.88 Å². The van der Waals surface area contributed by atoms with Crippen molar-refractivity contribution in [2.24, 2.45) is 0 Å². The summed E-state index contributed by atoms with van der Waals surface area (Å²) in [5.41, 5.74) is 0. The van der Waals surface area contributed by atoms with Crippen molar-refractivity contribution in [1.82, 2.24) is 0 Å². The molecule has 1 aromatic rings. The molecule has 0 fully saturated rings. The highest BCUT2D eigenvalue weighted by Crippen LogP contribution is 2.05. The fraction of sp³-hybridized carbons (Fsp3) is 0.167. The van der Waals surface area contributed by atoms with Crippen molar-refractivity contribution in [3.63, 3.8) is 0 Å². The van der Waals surface area contributed by atoms with E-state index in [9.17, 15) is 4.79 Å². The van der Waals surface area contributed by atoms with Crippen molar-refractivity contribution < 1.29 is 9.53 Å². The lowest BCUT2D eigenvalue weighted by Crippen LogP contribution is -1.97. The van der Waals surface area contributed by atoms with E-state index in [1.54, 1.807) is 6.07 Å². The van der Waals surface area contributed by atoms with E-state index in [1.165, 1.54) is 18.4 Å². The van der Waals surface area contributed by atoms with Crippen LogP contribution < -0.4 is 4.78 Å². The van der Waals surface area contributed by atoms with E-state index in [1.807, 2.05) is 13.9 Å². The number of thiophene rings is 1. The Morgan fingerprint density at radius 3 is 2.80 bits per heavy atom. The molecule has 0 aromatic carbocycles. The largest absolute Gasteiger partial charge is 0.465 e. The Balaban J connectivity index is 2.85. The molecule has 0 aliphatic carbocycles. The van der Waals surface area contributed by atoms with E-state index in [4.69, 9.17) is 0 Å². The predicted molar refractivity (Wildman–Crippen MR) is 43.8 cm³/mol. The number of ether oxygens (including phenoxy) is 1. The maximum Gasteiger partial charge on any atom is 0.347 e. The molecule has 0 atom stereocenters. The van der Waals surface area contributed by atoms with Gasteiger partial charge in [-0.3, -0.25) is 0 Å². The highest BCUT2D eigenvalue weighted by atomic mass is 32.1. The molecule has 1 rings (SSSR count). The number of rotatable bonds is 1. The second-order valence-electron chi connectivity index (χ2n) is 1.90. The first-order chi connectivity index (χ1) is 4.74. The fourth-order valence-electron chi connectivity index (χ4n) is 0.645. The summed E-state index contributed by atoms with van der Waals surface area (Å²) < 4.78 is 5.65. The molecule has 0 aliphatic rings. The third-order valence-corrected chi connectivity index (χ3v) is 2.11. The Bertz CT molecular complexity index is 244. The maximum atomic E-state index is 10.8. The Morgan fingerprint density at radius 2 is 2.40 bits per heavy atom. The van der Waals surface area contributed by atoms with E-state index >= 15 is 0 Å². The lowest BCUT2D eigenvalue weighted by atomic mass is 10.1. The monoisotopic (exact) mass is 154 g/mol. The van der Waals surface area contributed by atoms with Gasteiger partial charge in [0.25, 0.3) is 0 Å². The van der Waals surface area contributed by atoms with Crippen molar-refractivity contribution in [2.45, 2.75) is 0 Å². The van der Waals surface area contributed by atoms with Crippen LogP contribution in [0.25, 0.3) is 0 Å². The number of carbonyl (C=O) groups excluding carboxylic acids is 1. The number of carbonyl (C=O) groups is 1. The summed E-state index contributed by atoms with van der Waals surface area (Å²) in [4.78, 5) is 11.5. The highest BCUT2D eigenvalue weighted by Gasteiger charge is 2.05. The Labute approximate surface area is 64.2 Å². The first-order valence-electron chi connectivity index (χ1n) is 2.89. The molecule has 0 aliphatic heterocycles. The summed E-state index contributed by atoms with van der Waals surface area (Å²) in [6, 6.07) is 3.67. The number of hydrogen-bond donors (Lipinski definition) is 0. The molecule has 0 radical (unpaired) electrons. The quantitative estimate of drug-likeness (QED) is 0.413. The van der Waals surface area contributed by atoms with Crippen LogP contribution in [0.5, 0.6) is 0 Å². The van der Waals surface area contributed by atoms with Crippen LogP contribution in [0, 0.1) is 0 Å². The third kappa shape index (κ3) is 1.39. The van der Waals surface area contributed by atoms with Crippen LogP contribution in [0.2, 0.25) is 0 Å². The molecule has 2 nitrogen and oxygen atoms in total. The number of methoxy groups -OCH3 is 1. The van der Waals surface area contributed by atoms with Crippen LogP contribution in [0.1, 0.15) is 9.67 Å². The van der Waals surface area contributed by atoms with Crippen molar-refractivity contribution in [3.8, 4) is 0 Å². The summed E-state index contributed by atoms with van der Waals surface area (Å²) in [5.74, 6) is -0.252. The van der Waals surface area contributed by atoms with Gasteiger partial charge in [-0.1, -0.05) is 6.07 Å². The minimum Gasteiger partial charge on any atom is -0.465 e. The fourth-order valence-corrected chi connectivity index (χ4v) is 1.43. The van der Waals surface area contributed by atoms with Crippen LogP contribution in [-0.4, -0.2) is 20.9 Å². The Morgan fingerprint density at radius 1 is 1.70 bits per heavy atom. The van der Waals surface area contributed by atoms with Gasteiger partial charge in [0.05, 0.1) is 7.11 Å². The highest BCUT2D eigenvalue weighted by molar-refractivity contribution is 7.21. The van der Waals surface area contributed by atoms with Crippen molar-refractivity contribution in [2.75, 3.05) is 7.11 Å². The lowest BCUT2D eigenvalue weighted by molar-refractivity contribution is 0.0606. The molecule has 0 amide bonds. The van der Waals surface area contributed by atoms with Crippen LogP contribution in [0.3, 0.4) is 0 Å².